The van der Waals surface area contributed by atoms with Gasteiger partial charge in [0.15, 0.2) is 0 Å². The van der Waals surface area contributed by atoms with Crippen LogP contribution in [0.1, 0.15) is 31.2 Å². The van der Waals surface area contributed by atoms with Gasteiger partial charge >= 0.3 is 0 Å². The van der Waals surface area contributed by atoms with Gasteiger partial charge in [-0.05, 0) is 51.1 Å². The van der Waals surface area contributed by atoms with E-state index in [1.165, 1.54) is 13.1 Å². The van der Waals surface area contributed by atoms with Crippen LogP contribution < -0.4 is 15.8 Å². The zero-order chi connectivity index (χ0) is 15.9. The van der Waals surface area contributed by atoms with E-state index in [9.17, 15) is 13.2 Å². The van der Waals surface area contributed by atoms with Crippen LogP contribution in [0.15, 0.2) is 23.1 Å². The Balaban J connectivity index is 2.73. The molecule has 7 heteroatoms. The molecule has 0 radical (unpaired) electrons. The van der Waals surface area contributed by atoms with Gasteiger partial charge < -0.3 is 11.1 Å². The monoisotopic (exact) mass is 313 g/mol. The zero-order valence-corrected chi connectivity index (χ0v) is 13.3. The fourth-order valence-electron chi connectivity index (χ4n) is 1.91. The molecule has 1 amide bonds. The summed E-state index contributed by atoms with van der Waals surface area (Å²) in [5, 5.41) is 2.72. The summed E-state index contributed by atoms with van der Waals surface area (Å²) < 4.78 is 26.0. The van der Waals surface area contributed by atoms with E-state index in [2.05, 4.69) is 10.0 Å². The number of sulfonamides is 1. The van der Waals surface area contributed by atoms with Crippen molar-refractivity contribution in [3.63, 3.8) is 0 Å². The molecule has 0 bridgehead atoms. The van der Waals surface area contributed by atoms with Crippen LogP contribution in [0.4, 0.5) is 5.69 Å². The molecule has 0 aromatic heterocycles. The fourth-order valence-corrected chi connectivity index (χ4v) is 2.90. The Hall–Kier alpha value is -1.44. The maximum Gasteiger partial charge on any atom is 0.240 e. The molecule has 4 N–H and O–H groups in total. The standard InChI is InChI=1S/C14H23N3O3S/c1-11-7-8-12(10-13(11)21(19,20)16-2)17-14(18)6-4-3-5-9-15/h7-8,10,16H,3-6,9,15H2,1-2H3,(H,17,18). The molecule has 0 fully saturated rings. The van der Waals surface area contributed by atoms with Crippen molar-refractivity contribution in [2.24, 2.45) is 5.73 Å². The van der Waals surface area contributed by atoms with Crippen LogP contribution in [0.2, 0.25) is 0 Å². The highest BCUT2D eigenvalue weighted by Crippen LogP contribution is 2.20. The first-order valence-electron chi connectivity index (χ1n) is 6.95. The number of carbonyl (C=O) groups is 1. The third-order valence-electron chi connectivity index (χ3n) is 3.14. The first-order chi connectivity index (χ1) is 9.90. The number of hydrogen-bond donors (Lipinski definition) is 3. The van der Waals surface area contributed by atoms with E-state index in [0.29, 0.717) is 24.2 Å². The van der Waals surface area contributed by atoms with Crippen molar-refractivity contribution >= 4 is 21.6 Å². The lowest BCUT2D eigenvalue weighted by atomic mass is 10.2. The molecule has 1 aromatic carbocycles. The highest BCUT2D eigenvalue weighted by molar-refractivity contribution is 7.89. The van der Waals surface area contributed by atoms with Crippen molar-refractivity contribution in [3.05, 3.63) is 23.8 Å². The third-order valence-corrected chi connectivity index (χ3v) is 4.69. The van der Waals surface area contributed by atoms with E-state index < -0.39 is 10.0 Å². The topological polar surface area (TPSA) is 101 Å². The molecule has 0 atom stereocenters. The minimum atomic E-state index is -3.53. The number of anilines is 1. The van der Waals surface area contributed by atoms with E-state index in [1.54, 1.807) is 19.1 Å². The van der Waals surface area contributed by atoms with Crippen LogP contribution >= 0.6 is 0 Å². The Morgan fingerprint density at radius 1 is 1.24 bits per heavy atom. The summed E-state index contributed by atoms with van der Waals surface area (Å²) in [6.07, 6.45) is 3.00. The van der Waals surface area contributed by atoms with Gasteiger partial charge in [-0.1, -0.05) is 12.5 Å². The molecule has 118 valence electrons. The average molecular weight is 313 g/mol. The quantitative estimate of drug-likeness (QED) is 0.631. The minimum Gasteiger partial charge on any atom is -0.330 e. The molecule has 0 saturated heterocycles. The second-order valence-corrected chi connectivity index (χ2v) is 6.69. The Morgan fingerprint density at radius 2 is 1.95 bits per heavy atom. The largest absolute Gasteiger partial charge is 0.330 e. The lowest BCUT2D eigenvalue weighted by molar-refractivity contribution is -0.116. The van der Waals surface area contributed by atoms with Gasteiger partial charge in [0, 0.05) is 12.1 Å². The fraction of sp³-hybridized carbons (Fsp3) is 0.500. The Kier molecular flexibility index (Phi) is 6.80. The SMILES string of the molecule is CNS(=O)(=O)c1cc(NC(=O)CCCCCN)ccc1C. The van der Waals surface area contributed by atoms with Crippen molar-refractivity contribution in [2.75, 3.05) is 18.9 Å². The van der Waals surface area contributed by atoms with Crippen LogP contribution in [0.5, 0.6) is 0 Å². The Morgan fingerprint density at radius 3 is 2.57 bits per heavy atom. The molecule has 0 aliphatic carbocycles. The van der Waals surface area contributed by atoms with Gasteiger partial charge in [-0.2, -0.15) is 0 Å². The lowest BCUT2D eigenvalue weighted by Crippen LogP contribution is -2.20. The molecule has 0 aliphatic rings. The van der Waals surface area contributed by atoms with Gasteiger partial charge in [0.05, 0.1) is 4.90 Å². The third kappa shape index (κ3) is 5.45. The number of unbranched alkanes of at least 4 members (excludes halogenated alkanes) is 2. The van der Waals surface area contributed by atoms with Crippen molar-refractivity contribution < 1.29 is 13.2 Å². The average Bonchev–Trinajstić information content (AvgIpc) is 2.45. The van der Waals surface area contributed by atoms with Gasteiger partial charge in [-0.15, -0.1) is 0 Å². The summed E-state index contributed by atoms with van der Waals surface area (Å²) in [7, 11) is -2.17. The molecule has 0 unspecified atom stereocenters. The number of nitrogens with two attached hydrogens (primary N) is 1. The second kappa shape index (κ2) is 8.11. The molecule has 0 aliphatic heterocycles. The lowest BCUT2D eigenvalue weighted by Gasteiger charge is -2.10. The van der Waals surface area contributed by atoms with Crippen molar-refractivity contribution in [3.8, 4) is 0 Å². The van der Waals surface area contributed by atoms with Crippen LogP contribution in [0.25, 0.3) is 0 Å². The zero-order valence-electron chi connectivity index (χ0n) is 12.5. The maximum atomic E-state index is 11.9. The molecular weight excluding hydrogens is 290 g/mol. The number of amides is 1. The van der Waals surface area contributed by atoms with Crippen molar-refractivity contribution in [2.45, 2.75) is 37.5 Å². The molecule has 6 nitrogen and oxygen atoms in total. The van der Waals surface area contributed by atoms with Crippen LogP contribution in [-0.4, -0.2) is 27.9 Å². The summed E-state index contributed by atoms with van der Waals surface area (Å²) in [5.41, 5.74) is 6.50. The van der Waals surface area contributed by atoms with Crippen LogP contribution in [0, 0.1) is 6.92 Å². The summed E-state index contributed by atoms with van der Waals surface area (Å²) in [6.45, 7) is 2.34. The predicted molar refractivity (Wildman–Crippen MR) is 83.6 cm³/mol. The van der Waals surface area contributed by atoms with Gasteiger partial charge in [-0.25, -0.2) is 13.1 Å². The smallest absolute Gasteiger partial charge is 0.240 e. The summed E-state index contributed by atoms with van der Waals surface area (Å²) in [5.74, 6) is -0.122. The number of rotatable bonds is 8. The maximum absolute atomic E-state index is 11.9. The van der Waals surface area contributed by atoms with Crippen molar-refractivity contribution in [1.29, 1.82) is 0 Å². The van der Waals surface area contributed by atoms with Crippen LogP contribution in [0.3, 0.4) is 0 Å². The van der Waals surface area contributed by atoms with Crippen molar-refractivity contribution in [1.82, 2.24) is 4.72 Å². The predicted octanol–water partition coefficient (Wildman–Crippen LogP) is 1.36. The van der Waals surface area contributed by atoms with E-state index in [4.69, 9.17) is 5.73 Å². The number of hydrogen-bond acceptors (Lipinski definition) is 4. The molecule has 0 heterocycles. The molecule has 21 heavy (non-hydrogen) atoms. The summed E-state index contributed by atoms with van der Waals surface area (Å²) in [4.78, 5) is 12.0. The number of nitrogens with one attached hydrogen (secondary N) is 2. The normalized spacial score (nSPS) is 11.4. The number of benzene rings is 1. The van der Waals surface area contributed by atoms with E-state index in [-0.39, 0.29) is 10.8 Å². The summed E-state index contributed by atoms with van der Waals surface area (Å²) in [6, 6.07) is 4.84. The molecule has 1 rings (SSSR count). The minimum absolute atomic E-state index is 0.122. The highest BCUT2D eigenvalue weighted by atomic mass is 32.2. The van der Waals surface area contributed by atoms with E-state index in [1.807, 2.05) is 0 Å². The molecular formula is C14H23N3O3S. The van der Waals surface area contributed by atoms with E-state index >= 15 is 0 Å². The van der Waals surface area contributed by atoms with E-state index in [0.717, 1.165) is 19.3 Å². The first kappa shape index (κ1) is 17.6. The first-order valence-corrected chi connectivity index (χ1v) is 8.43. The van der Waals surface area contributed by atoms with Gasteiger partial charge in [0.2, 0.25) is 15.9 Å². The second-order valence-electron chi connectivity index (χ2n) is 4.84. The summed E-state index contributed by atoms with van der Waals surface area (Å²) >= 11 is 0. The van der Waals surface area contributed by atoms with Gasteiger partial charge in [-0.3, -0.25) is 4.79 Å². The van der Waals surface area contributed by atoms with Crippen LogP contribution in [-0.2, 0) is 14.8 Å². The number of carbonyl (C=O) groups excluding carboxylic acids is 1. The molecule has 0 spiro atoms. The Labute approximate surface area is 126 Å². The van der Waals surface area contributed by atoms with Gasteiger partial charge in [0.1, 0.15) is 0 Å². The number of aryl methyl sites for hydroxylation is 1. The molecule has 0 saturated carbocycles. The Bertz CT molecular complexity index is 585. The van der Waals surface area contributed by atoms with Gasteiger partial charge in [0.25, 0.3) is 0 Å². The molecule has 1 aromatic rings. The highest BCUT2D eigenvalue weighted by Gasteiger charge is 2.15.